The van der Waals surface area contributed by atoms with Gasteiger partial charge in [0, 0.05) is 24.3 Å². The zero-order valence-corrected chi connectivity index (χ0v) is 8.94. The van der Waals surface area contributed by atoms with Crippen LogP contribution < -0.4 is 0 Å². The van der Waals surface area contributed by atoms with Gasteiger partial charge in [0.2, 0.25) is 0 Å². The molecule has 0 radical (unpaired) electrons. The van der Waals surface area contributed by atoms with Crippen LogP contribution in [0, 0.1) is 6.92 Å². The van der Waals surface area contributed by atoms with E-state index in [1.54, 1.807) is 24.9 Å². The number of nitrogens with one attached hydrogen (secondary N) is 1. The van der Waals surface area contributed by atoms with Crippen LogP contribution in [-0.2, 0) is 0 Å². The van der Waals surface area contributed by atoms with Crippen molar-refractivity contribution in [1.29, 1.82) is 0 Å². The van der Waals surface area contributed by atoms with Gasteiger partial charge in [0.15, 0.2) is 0 Å². The van der Waals surface area contributed by atoms with Gasteiger partial charge in [0.1, 0.15) is 0 Å². The Hall–Kier alpha value is -1.64. The van der Waals surface area contributed by atoms with Gasteiger partial charge in [-0.2, -0.15) is 0 Å². The van der Waals surface area contributed by atoms with Crippen LogP contribution in [0.25, 0.3) is 0 Å². The molecule has 76 valence electrons. The molecule has 2 aromatic heterocycles. The third-order valence-corrected chi connectivity index (χ3v) is 1.20. The number of aromatic amines is 1. The fourth-order valence-electron chi connectivity index (χ4n) is 0.638. The summed E-state index contributed by atoms with van der Waals surface area (Å²) in [6.07, 6.45) is 6.94. The molecule has 1 N–H and O–H groups in total. The Morgan fingerprint density at radius 1 is 1.00 bits per heavy atom. The molecule has 0 fully saturated rings. The minimum atomic E-state index is 1.11. The summed E-state index contributed by atoms with van der Waals surface area (Å²) < 4.78 is 0. The first kappa shape index (κ1) is 12.4. The van der Waals surface area contributed by atoms with E-state index in [2.05, 4.69) is 15.0 Å². The maximum atomic E-state index is 3.78. The first-order valence-corrected chi connectivity index (χ1v) is 4.69. The lowest BCUT2D eigenvalue weighted by Gasteiger charge is -1.70. The molecular weight excluding hydrogens is 174 g/mol. The summed E-state index contributed by atoms with van der Waals surface area (Å²) in [7, 11) is 0. The molecule has 0 aliphatic carbocycles. The Labute approximate surface area is 85.2 Å². The molecule has 0 atom stereocenters. The SMILES string of the molecule is CC.Cc1cnc[nH]1.c1ccncc1. The highest BCUT2D eigenvalue weighted by Gasteiger charge is 1.73. The van der Waals surface area contributed by atoms with Gasteiger partial charge in [-0.15, -0.1) is 0 Å². The van der Waals surface area contributed by atoms with Gasteiger partial charge in [-0.3, -0.25) is 4.98 Å². The zero-order valence-electron chi connectivity index (χ0n) is 8.94. The van der Waals surface area contributed by atoms with Crippen molar-refractivity contribution in [1.82, 2.24) is 15.0 Å². The van der Waals surface area contributed by atoms with E-state index >= 15 is 0 Å². The van der Waals surface area contributed by atoms with Gasteiger partial charge in [-0.05, 0) is 19.1 Å². The summed E-state index contributed by atoms with van der Waals surface area (Å²) in [5.74, 6) is 0. The van der Waals surface area contributed by atoms with E-state index in [1.807, 2.05) is 39.0 Å². The zero-order chi connectivity index (χ0) is 10.6. The van der Waals surface area contributed by atoms with Crippen LogP contribution in [0.4, 0.5) is 0 Å². The number of aromatic nitrogens is 3. The second kappa shape index (κ2) is 9.45. The number of aryl methyl sites for hydroxylation is 1. The number of hydrogen-bond donors (Lipinski definition) is 1. The molecule has 0 aliphatic rings. The predicted octanol–water partition coefficient (Wildman–Crippen LogP) is 2.83. The molecule has 0 aliphatic heterocycles. The quantitative estimate of drug-likeness (QED) is 0.695. The second-order valence-corrected chi connectivity index (χ2v) is 2.26. The lowest BCUT2D eigenvalue weighted by molar-refractivity contribution is 1.25. The summed E-state index contributed by atoms with van der Waals surface area (Å²) in [5.41, 5.74) is 1.11. The van der Waals surface area contributed by atoms with E-state index in [0.717, 1.165) is 5.69 Å². The Morgan fingerprint density at radius 3 is 1.79 bits per heavy atom. The molecule has 2 heterocycles. The smallest absolute Gasteiger partial charge is 0.0921 e. The van der Waals surface area contributed by atoms with Gasteiger partial charge in [-0.1, -0.05) is 19.9 Å². The molecule has 0 aromatic carbocycles. The van der Waals surface area contributed by atoms with Crippen LogP contribution >= 0.6 is 0 Å². The predicted molar refractivity (Wildman–Crippen MR) is 58.9 cm³/mol. The van der Waals surface area contributed by atoms with E-state index in [9.17, 15) is 0 Å². The first-order chi connectivity index (χ1) is 6.89. The number of nitrogens with zero attached hydrogens (tertiary/aromatic N) is 2. The third kappa shape index (κ3) is 7.03. The fraction of sp³-hybridized carbons (Fsp3) is 0.273. The molecule has 0 spiro atoms. The number of hydrogen-bond acceptors (Lipinski definition) is 2. The van der Waals surface area contributed by atoms with Gasteiger partial charge in [0.25, 0.3) is 0 Å². The number of rotatable bonds is 0. The molecule has 3 heteroatoms. The summed E-state index contributed by atoms with van der Waals surface area (Å²) >= 11 is 0. The van der Waals surface area contributed by atoms with Crippen molar-refractivity contribution >= 4 is 0 Å². The summed E-state index contributed by atoms with van der Waals surface area (Å²) in [4.78, 5) is 10.4. The maximum absolute atomic E-state index is 3.78. The van der Waals surface area contributed by atoms with E-state index in [0.29, 0.717) is 0 Å². The summed E-state index contributed by atoms with van der Waals surface area (Å²) in [5, 5.41) is 0. The number of imidazole rings is 1. The maximum Gasteiger partial charge on any atom is 0.0921 e. The Bertz CT molecular complexity index is 250. The first-order valence-electron chi connectivity index (χ1n) is 4.69. The minimum Gasteiger partial charge on any atom is -0.349 e. The average molecular weight is 191 g/mol. The highest BCUT2D eigenvalue weighted by Crippen LogP contribution is 1.81. The second-order valence-electron chi connectivity index (χ2n) is 2.26. The van der Waals surface area contributed by atoms with Gasteiger partial charge < -0.3 is 4.98 Å². The molecule has 0 unspecified atom stereocenters. The van der Waals surface area contributed by atoms with Crippen LogP contribution in [0.3, 0.4) is 0 Å². The number of H-pyrrole nitrogens is 1. The van der Waals surface area contributed by atoms with Crippen molar-refractivity contribution in [2.75, 3.05) is 0 Å². The fourth-order valence-corrected chi connectivity index (χ4v) is 0.638. The van der Waals surface area contributed by atoms with Crippen LogP contribution in [0.1, 0.15) is 19.5 Å². The highest BCUT2D eigenvalue weighted by atomic mass is 14.8. The van der Waals surface area contributed by atoms with Crippen molar-refractivity contribution in [3.63, 3.8) is 0 Å². The molecule has 3 nitrogen and oxygen atoms in total. The topological polar surface area (TPSA) is 41.6 Å². The third-order valence-electron chi connectivity index (χ3n) is 1.20. The van der Waals surface area contributed by atoms with E-state index in [1.165, 1.54) is 0 Å². The lowest BCUT2D eigenvalue weighted by atomic mass is 10.5. The Kier molecular flexibility index (Phi) is 8.34. The van der Waals surface area contributed by atoms with Crippen molar-refractivity contribution in [3.8, 4) is 0 Å². The summed E-state index contributed by atoms with van der Waals surface area (Å²) in [6, 6.07) is 5.72. The van der Waals surface area contributed by atoms with Gasteiger partial charge in [0.05, 0.1) is 6.33 Å². The molecule has 14 heavy (non-hydrogen) atoms. The highest BCUT2D eigenvalue weighted by molar-refractivity contribution is 4.88. The Morgan fingerprint density at radius 2 is 1.64 bits per heavy atom. The van der Waals surface area contributed by atoms with Crippen molar-refractivity contribution < 1.29 is 0 Å². The van der Waals surface area contributed by atoms with Gasteiger partial charge >= 0.3 is 0 Å². The normalized spacial score (nSPS) is 7.64. The van der Waals surface area contributed by atoms with Crippen LogP contribution in [0.5, 0.6) is 0 Å². The van der Waals surface area contributed by atoms with E-state index in [-0.39, 0.29) is 0 Å². The van der Waals surface area contributed by atoms with Crippen molar-refractivity contribution in [2.45, 2.75) is 20.8 Å². The van der Waals surface area contributed by atoms with Crippen molar-refractivity contribution in [3.05, 3.63) is 48.8 Å². The van der Waals surface area contributed by atoms with Crippen LogP contribution in [-0.4, -0.2) is 15.0 Å². The largest absolute Gasteiger partial charge is 0.349 e. The minimum absolute atomic E-state index is 1.11. The molecule has 0 saturated carbocycles. The van der Waals surface area contributed by atoms with Gasteiger partial charge in [-0.25, -0.2) is 4.98 Å². The molecular formula is C11H17N3. The van der Waals surface area contributed by atoms with E-state index < -0.39 is 0 Å². The van der Waals surface area contributed by atoms with Crippen LogP contribution in [0.15, 0.2) is 43.1 Å². The molecule has 0 saturated heterocycles. The standard InChI is InChI=1S/C5H5N.C4H6N2.C2H6/c1-2-4-6-5-3-1;1-4-2-5-3-6-4;1-2/h1-5H;2-3H,1H3,(H,5,6);1-2H3. The molecule has 0 amide bonds. The average Bonchev–Trinajstić information content (AvgIpc) is 2.76. The van der Waals surface area contributed by atoms with E-state index in [4.69, 9.17) is 0 Å². The molecule has 2 aromatic rings. The number of pyridine rings is 1. The van der Waals surface area contributed by atoms with Crippen LogP contribution in [0.2, 0.25) is 0 Å². The summed E-state index contributed by atoms with van der Waals surface area (Å²) in [6.45, 7) is 5.97. The molecule has 2 rings (SSSR count). The monoisotopic (exact) mass is 191 g/mol. The Balaban J connectivity index is 0.000000206. The lowest BCUT2D eigenvalue weighted by Crippen LogP contribution is -1.59. The van der Waals surface area contributed by atoms with Crippen molar-refractivity contribution in [2.24, 2.45) is 0 Å². The molecule has 0 bridgehead atoms.